The number of benzene rings is 3. The molecule has 6 amide bonds. The van der Waals surface area contributed by atoms with Gasteiger partial charge in [-0.25, -0.2) is 0 Å². The number of phenolic OH excluding ortho intramolecular Hbond substituents is 1. The normalized spacial score (nSPS) is 14.8. The van der Waals surface area contributed by atoms with E-state index < -0.39 is 67.7 Å². The van der Waals surface area contributed by atoms with E-state index in [1.165, 1.54) is 75.4 Å². The molecule has 3 aromatic carbocycles. The molecule has 0 fully saturated rings. The fraction of sp³-hybridized carbons (Fsp3) is 0.375. The zero-order chi connectivity index (χ0) is 58.4. The molecule has 13 nitrogen and oxygen atoms in total. The molecule has 81 heavy (non-hydrogen) atoms. The summed E-state index contributed by atoms with van der Waals surface area (Å²) in [6, 6.07) is 16.8. The van der Waals surface area contributed by atoms with Gasteiger partial charge in [-0.2, -0.15) is 0 Å². The summed E-state index contributed by atoms with van der Waals surface area (Å²) in [4.78, 5) is 83.5. The van der Waals surface area contributed by atoms with Crippen LogP contribution in [0, 0.1) is 0 Å². The third-order valence-corrected chi connectivity index (χ3v) is 31.3. The zero-order valence-electron chi connectivity index (χ0n) is 48.8. The quantitative estimate of drug-likeness (QED) is 0.0277. The molecule has 4 aliphatic rings. The fourth-order valence-electron chi connectivity index (χ4n) is 11.0. The topological polar surface area (TPSA) is 195 Å². The second-order valence-corrected chi connectivity index (χ2v) is 44.2. The van der Waals surface area contributed by atoms with Crippen molar-refractivity contribution in [3.63, 3.8) is 0 Å². The Kier molecular flexibility index (Phi) is 21.1. The van der Waals surface area contributed by atoms with E-state index in [0.717, 1.165) is 75.5 Å². The van der Waals surface area contributed by atoms with E-state index in [4.69, 9.17) is 0 Å². The summed E-state index contributed by atoms with van der Waals surface area (Å²) in [7, 11) is -6.59. The van der Waals surface area contributed by atoms with Crippen molar-refractivity contribution in [3.8, 4) is 5.75 Å². The molecular formula is C64H84N6O7Si4. The first kappa shape index (κ1) is 61.7. The highest BCUT2D eigenvalue weighted by Crippen LogP contribution is 2.31. The van der Waals surface area contributed by atoms with Crippen LogP contribution in [-0.2, 0) is 0 Å². The fourth-order valence-corrected chi connectivity index (χ4v) is 21.4. The Bertz CT molecular complexity index is 2800. The number of carbonyl (C=O) groups is 6. The highest BCUT2D eigenvalue weighted by molar-refractivity contribution is 6.85. The second-order valence-electron chi connectivity index (χ2n) is 24.5. The number of carbonyl (C=O) groups excluding carboxylic acids is 6. The molecule has 4 aliphatic carbocycles. The van der Waals surface area contributed by atoms with Crippen LogP contribution in [0.4, 0.5) is 11.4 Å². The molecule has 0 atom stereocenters. The Morgan fingerprint density at radius 2 is 0.593 bits per heavy atom. The summed E-state index contributed by atoms with van der Waals surface area (Å²) in [6.07, 6.45) is 33.1. The van der Waals surface area contributed by atoms with Crippen molar-refractivity contribution in [1.82, 2.24) is 21.3 Å². The Hall–Kier alpha value is -6.93. The predicted octanol–water partition coefficient (Wildman–Crippen LogP) is 12.9. The Balaban J connectivity index is 1.05. The highest BCUT2D eigenvalue weighted by Gasteiger charge is 2.29. The maximum atomic E-state index is 14.1. The monoisotopic (exact) mass is 1160 g/mol. The van der Waals surface area contributed by atoms with Crippen LogP contribution in [0.25, 0.3) is 0 Å². The van der Waals surface area contributed by atoms with Gasteiger partial charge in [0.2, 0.25) is 0 Å². The lowest BCUT2D eigenvalue weighted by molar-refractivity contribution is 0.0938. The van der Waals surface area contributed by atoms with Crippen LogP contribution in [0.15, 0.2) is 148 Å². The number of anilines is 2. The molecular weight excluding hydrogens is 1080 g/mol. The van der Waals surface area contributed by atoms with Crippen molar-refractivity contribution in [2.24, 2.45) is 0 Å². The Labute approximate surface area is 483 Å². The molecule has 428 valence electrons. The average molecular weight is 1160 g/mol. The van der Waals surface area contributed by atoms with Crippen LogP contribution < -0.4 is 31.9 Å². The number of nitrogens with one attached hydrogen (secondary N) is 6. The number of phenols is 1. The maximum absolute atomic E-state index is 14.1. The minimum Gasteiger partial charge on any atom is -0.508 e. The van der Waals surface area contributed by atoms with Crippen molar-refractivity contribution in [2.75, 3.05) is 36.8 Å². The first-order valence-electron chi connectivity index (χ1n) is 28.8. The van der Waals surface area contributed by atoms with Gasteiger partial charge in [0.25, 0.3) is 35.4 Å². The lowest BCUT2D eigenvalue weighted by Gasteiger charge is -2.24. The zero-order valence-corrected chi connectivity index (χ0v) is 52.8. The Morgan fingerprint density at radius 1 is 0.358 bits per heavy atom. The van der Waals surface area contributed by atoms with Crippen LogP contribution in [-0.4, -0.2) is 99.0 Å². The summed E-state index contributed by atoms with van der Waals surface area (Å²) in [6.45, 7) is 20.5. The minimum absolute atomic E-state index is 0.0774. The van der Waals surface area contributed by atoms with E-state index in [0.29, 0.717) is 26.2 Å². The smallest absolute Gasteiger partial charge is 0.255 e. The summed E-state index contributed by atoms with van der Waals surface area (Å²) in [5.41, 5.74) is 0.928. The molecule has 7 N–H and O–H groups in total. The van der Waals surface area contributed by atoms with Gasteiger partial charge in [0, 0.05) is 70.9 Å². The number of aromatic hydroxyl groups is 1. The first-order chi connectivity index (χ1) is 38.5. The number of hydrogen-bond acceptors (Lipinski definition) is 7. The summed E-state index contributed by atoms with van der Waals surface area (Å²) >= 11 is 0. The van der Waals surface area contributed by atoms with Crippen molar-refractivity contribution in [1.29, 1.82) is 0 Å². The number of hydrogen-bond donors (Lipinski definition) is 7. The lowest BCUT2D eigenvalue weighted by atomic mass is 10.1. The lowest BCUT2D eigenvalue weighted by Crippen LogP contribution is -2.32. The summed E-state index contributed by atoms with van der Waals surface area (Å²) in [5.74, 6) is -3.35. The van der Waals surface area contributed by atoms with Gasteiger partial charge in [0.05, 0.1) is 32.3 Å². The van der Waals surface area contributed by atoms with Gasteiger partial charge < -0.3 is 37.0 Å². The van der Waals surface area contributed by atoms with Gasteiger partial charge in [-0.05, 0) is 106 Å². The van der Waals surface area contributed by atoms with E-state index in [1.54, 1.807) is 0 Å². The van der Waals surface area contributed by atoms with Crippen molar-refractivity contribution >= 4 is 79.1 Å². The average Bonchev–Trinajstić information content (AvgIpc) is 4.31. The Morgan fingerprint density at radius 3 is 0.815 bits per heavy atom. The van der Waals surface area contributed by atoms with E-state index in [-0.39, 0.29) is 50.5 Å². The minimum atomic E-state index is -1.65. The van der Waals surface area contributed by atoms with Crippen molar-refractivity contribution in [2.45, 2.75) is 128 Å². The molecule has 0 saturated heterocycles. The molecule has 3 aromatic rings. The molecule has 17 heteroatoms. The van der Waals surface area contributed by atoms with Crippen LogP contribution in [0.2, 0.25) is 76.6 Å². The van der Waals surface area contributed by atoms with E-state index in [1.807, 2.05) is 0 Å². The van der Waals surface area contributed by atoms with Gasteiger partial charge in [-0.15, -0.1) is 0 Å². The SMILES string of the molecule is C[Si](C)(CCCNC(=O)c1cc(NC(=O)c2cc(O)cc(C(=O)Nc3cc(C(=O)NCCC[Si](C)(C)C4=CC=CC4)cc(C(=O)NCCC[Si](C)(C)C4=CC=CC4)c3)c2)cc(C(=O)NCCC[Si](C)(C)C2=CC=CC2)c1)C1=CC=CC1. The molecule has 0 aliphatic heterocycles. The van der Waals surface area contributed by atoms with E-state index in [2.05, 4.69) is 157 Å². The largest absolute Gasteiger partial charge is 0.508 e. The number of allylic oxidation sites excluding steroid dienone is 16. The molecule has 0 heterocycles. The van der Waals surface area contributed by atoms with Gasteiger partial charge in [0.1, 0.15) is 5.75 Å². The molecule has 0 radical (unpaired) electrons. The van der Waals surface area contributed by atoms with Gasteiger partial charge in [-0.1, -0.05) is 170 Å². The highest BCUT2D eigenvalue weighted by atomic mass is 28.3. The predicted molar refractivity (Wildman–Crippen MR) is 341 cm³/mol. The van der Waals surface area contributed by atoms with Crippen LogP contribution in [0.5, 0.6) is 5.75 Å². The molecule has 0 bridgehead atoms. The first-order valence-corrected chi connectivity index (χ1v) is 41.7. The summed E-state index contributed by atoms with van der Waals surface area (Å²) < 4.78 is 0. The molecule has 7 rings (SSSR count). The van der Waals surface area contributed by atoms with Crippen LogP contribution >= 0.6 is 0 Å². The van der Waals surface area contributed by atoms with Crippen molar-refractivity contribution in [3.05, 3.63) is 182 Å². The van der Waals surface area contributed by atoms with E-state index >= 15 is 0 Å². The second kappa shape index (κ2) is 27.7. The van der Waals surface area contributed by atoms with Gasteiger partial charge in [-0.3, -0.25) is 28.8 Å². The van der Waals surface area contributed by atoms with Crippen molar-refractivity contribution < 1.29 is 33.9 Å². The number of rotatable bonds is 28. The number of amides is 6. The summed E-state index contributed by atoms with van der Waals surface area (Å²) in [5, 5.41) is 34.6. The molecule has 0 saturated carbocycles. The van der Waals surface area contributed by atoms with E-state index in [9.17, 15) is 33.9 Å². The standard InChI is InChI=1S/C64H84N6O7Si4/c1-78(2,55-21-9-10-22-55)33-17-29-65-59(72)46-37-47(60(73)66-30-18-34-79(3,4)56-23-11-12-24-56)41-52(40-46)69-63(76)50-39-51(45-54(71)44-50)64(77)70-53-42-48(61(74)67-31-19-35-80(5,6)57-25-13-14-26-57)38-49(43-53)62(75)68-32-20-36-81(7,8)58-27-15-16-28-58/h9-16,21,23,25,27,37-45,71H,17-20,22,24,26,28-36H2,1-8H3,(H,65,72)(H,66,73)(H,67,74)(H,68,75)(H,69,76)(H,70,77). The third-order valence-electron chi connectivity index (χ3n) is 16.5. The molecule has 0 aromatic heterocycles. The molecule has 0 unspecified atom stereocenters. The maximum Gasteiger partial charge on any atom is 0.255 e. The molecule has 0 spiro atoms. The van der Waals surface area contributed by atoms with Gasteiger partial charge in [0.15, 0.2) is 0 Å². The third kappa shape index (κ3) is 17.5. The van der Waals surface area contributed by atoms with Crippen LogP contribution in [0.3, 0.4) is 0 Å². The van der Waals surface area contributed by atoms with Crippen LogP contribution in [0.1, 0.15) is 114 Å². The van der Waals surface area contributed by atoms with Gasteiger partial charge >= 0.3 is 0 Å².